The Labute approximate surface area is 162 Å². The summed E-state index contributed by atoms with van der Waals surface area (Å²) in [4.78, 5) is 25.0. The number of carbonyl (C=O) groups is 2. The summed E-state index contributed by atoms with van der Waals surface area (Å²) in [5.74, 6) is 0.0410. The van der Waals surface area contributed by atoms with Crippen LogP contribution in [-0.2, 0) is 11.3 Å². The minimum atomic E-state index is -0.487. The Hall–Kier alpha value is -2.24. The Balaban J connectivity index is 1.78. The molecule has 0 saturated carbocycles. The van der Waals surface area contributed by atoms with Gasteiger partial charge in [0.2, 0.25) is 11.8 Å². The molecule has 5 nitrogen and oxygen atoms in total. The van der Waals surface area contributed by atoms with Gasteiger partial charge in [0.25, 0.3) is 0 Å². The van der Waals surface area contributed by atoms with E-state index in [0.29, 0.717) is 47.4 Å². The molecule has 2 N–H and O–H groups in total. The van der Waals surface area contributed by atoms with E-state index in [4.69, 9.17) is 33.7 Å². The van der Waals surface area contributed by atoms with Crippen molar-refractivity contribution in [3.63, 3.8) is 0 Å². The second-order valence-electron chi connectivity index (χ2n) is 5.84. The topological polar surface area (TPSA) is 72.6 Å². The number of ether oxygens (including phenoxy) is 1. The molecule has 0 radical (unpaired) electrons. The summed E-state index contributed by atoms with van der Waals surface area (Å²) in [6, 6.07) is 11.9. The van der Waals surface area contributed by atoms with Crippen molar-refractivity contribution in [2.75, 3.05) is 13.7 Å². The quantitative estimate of drug-likeness (QED) is 0.689. The van der Waals surface area contributed by atoms with Crippen molar-refractivity contribution in [1.82, 2.24) is 4.90 Å². The number of rotatable bonds is 8. The summed E-state index contributed by atoms with van der Waals surface area (Å²) in [6.07, 6.45) is 0.903. The monoisotopic (exact) mass is 394 g/mol. The Kier molecular flexibility index (Phi) is 7.30. The molecule has 0 saturated heterocycles. The van der Waals surface area contributed by atoms with E-state index in [2.05, 4.69) is 0 Å². The molecule has 138 valence electrons. The highest BCUT2D eigenvalue weighted by Crippen LogP contribution is 2.27. The van der Waals surface area contributed by atoms with Crippen LogP contribution in [0, 0.1) is 0 Å². The van der Waals surface area contributed by atoms with E-state index in [1.165, 1.54) is 0 Å². The SMILES string of the molecule is CN(Cc1cccc(C(N)=O)c1)C(=O)CCCOc1ccc(Cl)cc1Cl. The number of halogens is 2. The molecule has 0 unspecified atom stereocenters. The first-order chi connectivity index (χ1) is 12.4. The molecule has 0 aliphatic rings. The summed E-state index contributed by atoms with van der Waals surface area (Å²) in [5.41, 5.74) is 6.55. The fourth-order valence-corrected chi connectivity index (χ4v) is 2.84. The van der Waals surface area contributed by atoms with Crippen LogP contribution in [0.3, 0.4) is 0 Å². The van der Waals surface area contributed by atoms with Crippen LogP contribution in [0.5, 0.6) is 5.75 Å². The number of amides is 2. The number of hydrogen-bond acceptors (Lipinski definition) is 3. The standard InChI is InChI=1S/C19H20Cl2N2O3/c1-23(12-13-4-2-5-14(10-13)19(22)25)18(24)6-3-9-26-17-8-7-15(20)11-16(17)21/h2,4-5,7-8,10-11H,3,6,9,12H2,1H3,(H2,22,25). The minimum Gasteiger partial charge on any atom is -0.492 e. The van der Waals surface area contributed by atoms with Crippen LogP contribution in [0.15, 0.2) is 42.5 Å². The third-order valence-electron chi connectivity index (χ3n) is 3.74. The number of primary amides is 1. The highest BCUT2D eigenvalue weighted by molar-refractivity contribution is 6.35. The first-order valence-electron chi connectivity index (χ1n) is 8.07. The summed E-state index contributed by atoms with van der Waals surface area (Å²) < 4.78 is 5.57. The molecule has 2 aromatic rings. The van der Waals surface area contributed by atoms with E-state index in [-0.39, 0.29) is 5.91 Å². The molecule has 0 aliphatic heterocycles. The normalized spacial score (nSPS) is 10.4. The van der Waals surface area contributed by atoms with Crippen molar-refractivity contribution >= 4 is 35.0 Å². The molecule has 26 heavy (non-hydrogen) atoms. The Morgan fingerprint density at radius 1 is 1.15 bits per heavy atom. The molecular weight excluding hydrogens is 375 g/mol. The number of nitrogens with two attached hydrogens (primary N) is 1. The van der Waals surface area contributed by atoms with Crippen LogP contribution in [0.2, 0.25) is 10.0 Å². The van der Waals surface area contributed by atoms with Gasteiger partial charge in [-0.2, -0.15) is 0 Å². The van der Waals surface area contributed by atoms with Gasteiger partial charge in [-0.25, -0.2) is 0 Å². The zero-order valence-electron chi connectivity index (χ0n) is 14.4. The van der Waals surface area contributed by atoms with E-state index in [9.17, 15) is 9.59 Å². The molecule has 0 heterocycles. The summed E-state index contributed by atoms with van der Waals surface area (Å²) in [6.45, 7) is 0.780. The first-order valence-corrected chi connectivity index (χ1v) is 8.83. The molecule has 0 atom stereocenters. The predicted molar refractivity (Wildman–Crippen MR) is 103 cm³/mol. The van der Waals surface area contributed by atoms with Crippen LogP contribution in [0.25, 0.3) is 0 Å². The second-order valence-corrected chi connectivity index (χ2v) is 6.68. The maximum Gasteiger partial charge on any atom is 0.248 e. The molecule has 2 amide bonds. The van der Waals surface area contributed by atoms with Crippen LogP contribution in [0.1, 0.15) is 28.8 Å². The number of hydrogen-bond donors (Lipinski definition) is 1. The van der Waals surface area contributed by atoms with E-state index in [1.54, 1.807) is 48.3 Å². The summed E-state index contributed by atoms with van der Waals surface area (Å²) in [7, 11) is 1.72. The lowest BCUT2D eigenvalue weighted by Gasteiger charge is -2.18. The minimum absolute atomic E-state index is 0.0136. The summed E-state index contributed by atoms with van der Waals surface area (Å²) >= 11 is 11.9. The molecule has 0 aliphatic carbocycles. The average molecular weight is 395 g/mol. The van der Waals surface area contributed by atoms with Gasteiger partial charge in [0.15, 0.2) is 0 Å². The summed E-state index contributed by atoms with van der Waals surface area (Å²) in [5, 5.41) is 0.981. The average Bonchev–Trinajstić information content (AvgIpc) is 2.60. The van der Waals surface area contributed by atoms with Crippen LogP contribution in [-0.4, -0.2) is 30.4 Å². The van der Waals surface area contributed by atoms with E-state index < -0.39 is 5.91 Å². The zero-order chi connectivity index (χ0) is 19.1. The van der Waals surface area contributed by atoms with E-state index in [1.807, 2.05) is 6.07 Å². The fraction of sp³-hybridized carbons (Fsp3) is 0.263. The van der Waals surface area contributed by atoms with Gasteiger partial charge < -0.3 is 15.4 Å². The first kappa shape index (κ1) is 20.1. The van der Waals surface area contributed by atoms with Gasteiger partial charge in [0.05, 0.1) is 11.6 Å². The Bertz CT molecular complexity index is 796. The van der Waals surface area contributed by atoms with Crippen molar-refractivity contribution < 1.29 is 14.3 Å². The van der Waals surface area contributed by atoms with Gasteiger partial charge in [-0.15, -0.1) is 0 Å². The number of carbonyl (C=O) groups excluding carboxylic acids is 2. The molecular formula is C19H20Cl2N2O3. The molecule has 0 spiro atoms. The number of nitrogens with zero attached hydrogens (tertiary/aromatic N) is 1. The van der Waals surface area contributed by atoms with E-state index >= 15 is 0 Å². The number of benzene rings is 2. The Morgan fingerprint density at radius 3 is 2.62 bits per heavy atom. The lowest BCUT2D eigenvalue weighted by atomic mass is 10.1. The maximum atomic E-state index is 12.2. The largest absolute Gasteiger partial charge is 0.492 e. The Morgan fingerprint density at radius 2 is 1.92 bits per heavy atom. The molecule has 2 rings (SSSR count). The van der Waals surface area contributed by atoms with Crippen LogP contribution in [0.4, 0.5) is 0 Å². The van der Waals surface area contributed by atoms with E-state index in [0.717, 1.165) is 5.56 Å². The van der Waals surface area contributed by atoms with Crippen LogP contribution >= 0.6 is 23.2 Å². The maximum absolute atomic E-state index is 12.2. The van der Waals surface area contributed by atoms with Crippen molar-refractivity contribution in [2.45, 2.75) is 19.4 Å². The van der Waals surface area contributed by atoms with Crippen molar-refractivity contribution in [3.8, 4) is 5.75 Å². The van der Waals surface area contributed by atoms with Gasteiger partial charge in [0, 0.05) is 30.6 Å². The van der Waals surface area contributed by atoms with Gasteiger partial charge >= 0.3 is 0 Å². The molecule has 7 heteroatoms. The molecule has 0 bridgehead atoms. The van der Waals surface area contributed by atoms with Gasteiger partial charge in [-0.1, -0.05) is 35.3 Å². The molecule has 0 fully saturated rings. The highest BCUT2D eigenvalue weighted by Gasteiger charge is 2.11. The lowest BCUT2D eigenvalue weighted by molar-refractivity contribution is -0.130. The van der Waals surface area contributed by atoms with Crippen LogP contribution < -0.4 is 10.5 Å². The fourth-order valence-electron chi connectivity index (χ4n) is 2.37. The third-order valence-corrected chi connectivity index (χ3v) is 4.27. The molecule has 0 aromatic heterocycles. The van der Waals surface area contributed by atoms with Gasteiger partial charge in [-0.05, 0) is 42.3 Å². The predicted octanol–water partition coefficient (Wildman–Crippen LogP) is 3.91. The van der Waals surface area contributed by atoms with Crippen molar-refractivity contribution in [3.05, 3.63) is 63.6 Å². The van der Waals surface area contributed by atoms with Crippen molar-refractivity contribution in [1.29, 1.82) is 0 Å². The van der Waals surface area contributed by atoms with Gasteiger partial charge in [0.1, 0.15) is 5.75 Å². The lowest BCUT2D eigenvalue weighted by Crippen LogP contribution is -2.26. The molecule has 2 aromatic carbocycles. The highest BCUT2D eigenvalue weighted by atomic mass is 35.5. The third kappa shape index (κ3) is 5.93. The smallest absolute Gasteiger partial charge is 0.248 e. The van der Waals surface area contributed by atoms with Crippen molar-refractivity contribution in [2.24, 2.45) is 5.73 Å². The van der Waals surface area contributed by atoms with Gasteiger partial charge in [-0.3, -0.25) is 9.59 Å². The zero-order valence-corrected chi connectivity index (χ0v) is 15.9. The second kappa shape index (κ2) is 9.46.